The van der Waals surface area contributed by atoms with E-state index in [1.54, 1.807) is 26.0 Å². The maximum absolute atomic E-state index is 13.3. The Morgan fingerprint density at radius 3 is 2.02 bits per heavy atom. The molecule has 13 N–H and O–H groups in total. The van der Waals surface area contributed by atoms with Crippen LogP contribution in [0.15, 0.2) is 29.3 Å². The van der Waals surface area contributed by atoms with Crippen LogP contribution >= 0.6 is 0 Å². The van der Waals surface area contributed by atoms with Crippen LogP contribution in [0.25, 0.3) is 0 Å². The molecule has 5 unspecified atom stereocenters. The van der Waals surface area contributed by atoms with Crippen LogP contribution in [0.4, 0.5) is 0 Å². The first-order chi connectivity index (χ1) is 19.2. The molecular weight excluding hydrogens is 536 g/mol. The highest BCUT2D eigenvalue weighted by Crippen LogP contribution is 2.13. The Hall–Kier alpha value is -4.40. The zero-order valence-corrected chi connectivity index (χ0v) is 23.3. The van der Waals surface area contributed by atoms with E-state index in [2.05, 4.69) is 20.9 Å². The summed E-state index contributed by atoms with van der Waals surface area (Å²) in [6.07, 6.45) is 0.574. The van der Waals surface area contributed by atoms with Gasteiger partial charge in [-0.15, -0.1) is 0 Å². The molecule has 1 aromatic carbocycles. The van der Waals surface area contributed by atoms with Gasteiger partial charge in [0.25, 0.3) is 0 Å². The molecular formula is C26H42N8O7. The number of amides is 4. The molecule has 0 radical (unpaired) electrons. The smallest absolute Gasteiger partial charge is 0.326 e. The lowest BCUT2D eigenvalue weighted by atomic mass is 9.98. The van der Waals surface area contributed by atoms with Crippen molar-refractivity contribution in [2.75, 3.05) is 6.54 Å². The monoisotopic (exact) mass is 578 g/mol. The number of guanidine groups is 1. The molecule has 0 spiro atoms. The quantitative estimate of drug-likeness (QED) is 0.0533. The summed E-state index contributed by atoms with van der Waals surface area (Å²) < 4.78 is 0. The van der Waals surface area contributed by atoms with Gasteiger partial charge in [-0.3, -0.25) is 24.2 Å². The summed E-state index contributed by atoms with van der Waals surface area (Å²) >= 11 is 0. The summed E-state index contributed by atoms with van der Waals surface area (Å²) in [6.45, 7) is 3.69. The number of phenols is 1. The van der Waals surface area contributed by atoms with Crippen LogP contribution in [0.1, 0.15) is 51.5 Å². The Labute approximate surface area is 238 Å². The summed E-state index contributed by atoms with van der Waals surface area (Å²) in [5.74, 6) is -4.71. The van der Waals surface area contributed by atoms with Crippen LogP contribution in [-0.2, 0) is 30.4 Å². The average Bonchev–Trinajstić information content (AvgIpc) is 2.91. The third kappa shape index (κ3) is 13.0. The lowest BCUT2D eigenvalue weighted by molar-refractivity contribution is -0.143. The van der Waals surface area contributed by atoms with E-state index in [9.17, 15) is 34.2 Å². The van der Waals surface area contributed by atoms with Crippen molar-refractivity contribution in [1.82, 2.24) is 16.0 Å². The van der Waals surface area contributed by atoms with Gasteiger partial charge >= 0.3 is 5.97 Å². The number of carbonyl (C=O) groups excluding carboxylic acids is 4. The number of hydrogen-bond donors (Lipinski definition) is 9. The van der Waals surface area contributed by atoms with Crippen molar-refractivity contribution in [3.8, 4) is 5.75 Å². The topological polar surface area (TPSA) is 278 Å². The predicted molar refractivity (Wildman–Crippen MR) is 151 cm³/mol. The molecule has 228 valence electrons. The number of nitrogens with one attached hydrogen (secondary N) is 3. The van der Waals surface area contributed by atoms with Crippen molar-refractivity contribution >= 4 is 35.6 Å². The van der Waals surface area contributed by atoms with Crippen LogP contribution in [-0.4, -0.2) is 76.5 Å². The Balaban J connectivity index is 3.14. The second-order valence-corrected chi connectivity index (χ2v) is 9.76. The first-order valence-electron chi connectivity index (χ1n) is 13.3. The molecule has 15 nitrogen and oxygen atoms in total. The molecule has 0 aromatic heterocycles. The third-order valence-electron chi connectivity index (χ3n) is 6.40. The highest BCUT2D eigenvalue weighted by Gasteiger charge is 2.32. The van der Waals surface area contributed by atoms with Crippen molar-refractivity contribution in [2.45, 2.75) is 76.5 Å². The number of primary amides is 1. The number of carboxylic acids is 1. The second kappa shape index (κ2) is 17.3. The molecule has 4 amide bonds. The van der Waals surface area contributed by atoms with Gasteiger partial charge in [0.2, 0.25) is 23.6 Å². The lowest BCUT2D eigenvalue weighted by Gasteiger charge is -2.26. The van der Waals surface area contributed by atoms with Crippen LogP contribution in [0, 0.1) is 5.92 Å². The summed E-state index contributed by atoms with van der Waals surface area (Å²) in [5, 5.41) is 26.7. The number of carboxylic acid groups (broad SMARTS) is 1. The summed E-state index contributed by atoms with van der Waals surface area (Å²) in [5.41, 5.74) is 22.3. The fraction of sp³-hybridized carbons (Fsp3) is 0.538. The van der Waals surface area contributed by atoms with Crippen molar-refractivity contribution in [3.63, 3.8) is 0 Å². The van der Waals surface area contributed by atoms with E-state index in [0.717, 1.165) is 0 Å². The molecule has 0 saturated carbocycles. The standard InChI is InChI=1S/C26H42N8O7/c1-3-14(2)21(25(40)41)34-24(39)19(13-15-6-8-16(35)9-7-15)33-23(38)18(10-11-20(28)36)32-22(37)17(27)5-4-12-31-26(29)30/h6-9,14,17-19,21,35H,3-5,10-13,27H2,1-2H3,(H2,28,36)(H,32,37)(H,33,38)(H,34,39)(H,40,41)(H4,29,30,31). The van der Waals surface area contributed by atoms with Gasteiger partial charge < -0.3 is 49.1 Å². The van der Waals surface area contributed by atoms with E-state index in [4.69, 9.17) is 22.9 Å². The highest BCUT2D eigenvalue weighted by atomic mass is 16.4. The van der Waals surface area contributed by atoms with Crippen molar-refractivity contribution in [1.29, 1.82) is 0 Å². The number of phenolic OH excluding ortho intramolecular Hbond substituents is 1. The minimum absolute atomic E-state index is 0.00892. The van der Waals surface area contributed by atoms with E-state index >= 15 is 0 Å². The van der Waals surface area contributed by atoms with Crippen LogP contribution in [0.3, 0.4) is 0 Å². The fourth-order valence-corrected chi connectivity index (χ4v) is 3.77. The van der Waals surface area contributed by atoms with E-state index in [1.165, 1.54) is 12.1 Å². The number of aliphatic imine (C=N–C) groups is 1. The van der Waals surface area contributed by atoms with Gasteiger partial charge in [0, 0.05) is 19.4 Å². The molecule has 0 heterocycles. The lowest BCUT2D eigenvalue weighted by Crippen LogP contribution is -2.58. The van der Waals surface area contributed by atoms with Gasteiger partial charge in [-0.25, -0.2) is 4.79 Å². The number of benzene rings is 1. The number of nitrogens with zero attached hydrogens (tertiary/aromatic N) is 1. The maximum atomic E-state index is 13.3. The maximum Gasteiger partial charge on any atom is 0.326 e. The summed E-state index contributed by atoms with van der Waals surface area (Å²) in [4.78, 5) is 66.3. The summed E-state index contributed by atoms with van der Waals surface area (Å²) in [6, 6.07) is 1.10. The number of hydrogen-bond acceptors (Lipinski definition) is 8. The molecule has 0 fully saturated rings. The van der Waals surface area contributed by atoms with Crippen molar-refractivity contribution < 1.29 is 34.2 Å². The molecule has 15 heteroatoms. The van der Waals surface area contributed by atoms with Gasteiger partial charge in [0.05, 0.1) is 6.04 Å². The Bertz CT molecular complexity index is 1080. The molecule has 41 heavy (non-hydrogen) atoms. The minimum atomic E-state index is -1.28. The number of aliphatic carboxylic acids is 1. The number of carbonyl (C=O) groups is 5. The van der Waals surface area contributed by atoms with Crippen LogP contribution < -0.4 is 38.9 Å². The Morgan fingerprint density at radius 2 is 1.49 bits per heavy atom. The van der Waals surface area contributed by atoms with Gasteiger partial charge in [0.15, 0.2) is 5.96 Å². The van der Waals surface area contributed by atoms with E-state index in [0.29, 0.717) is 18.4 Å². The van der Waals surface area contributed by atoms with E-state index in [1.807, 2.05) is 0 Å². The molecule has 0 aliphatic heterocycles. The third-order valence-corrected chi connectivity index (χ3v) is 6.40. The van der Waals surface area contributed by atoms with E-state index < -0.39 is 59.7 Å². The molecule has 0 aliphatic rings. The second-order valence-electron chi connectivity index (χ2n) is 9.76. The largest absolute Gasteiger partial charge is 0.508 e. The molecule has 0 aliphatic carbocycles. The van der Waals surface area contributed by atoms with Crippen molar-refractivity contribution in [2.24, 2.45) is 33.8 Å². The SMILES string of the molecule is CCC(C)C(NC(=O)C(Cc1ccc(O)cc1)NC(=O)C(CCC(N)=O)NC(=O)C(N)CCCN=C(N)N)C(=O)O. The Kier molecular flexibility index (Phi) is 14.6. The minimum Gasteiger partial charge on any atom is -0.508 e. The van der Waals surface area contributed by atoms with Gasteiger partial charge in [-0.2, -0.15) is 0 Å². The average molecular weight is 579 g/mol. The number of aromatic hydroxyl groups is 1. The zero-order valence-electron chi connectivity index (χ0n) is 23.3. The first kappa shape index (κ1) is 34.6. The normalized spacial score (nSPS) is 14.4. The van der Waals surface area contributed by atoms with E-state index in [-0.39, 0.29) is 43.9 Å². The van der Waals surface area contributed by atoms with Crippen LogP contribution in [0.2, 0.25) is 0 Å². The number of rotatable bonds is 18. The molecule has 1 rings (SSSR count). The van der Waals surface area contributed by atoms with Crippen molar-refractivity contribution in [3.05, 3.63) is 29.8 Å². The first-order valence-corrected chi connectivity index (χ1v) is 13.3. The molecule has 1 aromatic rings. The van der Waals surface area contributed by atoms with Gasteiger partial charge in [-0.05, 0) is 42.9 Å². The highest BCUT2D eigenvalue weighted by molar-refractivity contribution is 5.94. The van der Waals surface area contributed by atoms with Gasteiger partial charge in [-0.1, -0.05) is 32.4 Å². The zero-order chi connectivity index (χ0) is 31.1. The predicted octanol–water partition coefficient (Wildman–Crippen LogP) is -1.83. The number of nitrogens with two attached hydrogens (primary N) is 4. The molecule has 0 saturated heterocycles. The Morgan fingerprint density at radius 1 is 0.902 bits per heavy atom. The van der Waals surface area contributed by atoms with Crippen LogP contribution in [0.5, 0.6) is 5.75 Å². The summed E-state index contributed by atoms with van der Waals surface area (Å²) in [7, 11) is 0. The molecule has 5 atom stereocenters. The van der Waals surface area contributed by atoms with Gasteiger partial charge in [0.1, 0.15) is 23.9 Å². The molecule has 0 bridgehead atoms. The fourth-order valence-electron chi connectivity index (χ4n) is 3.77.